The second kappa shape index (κ2) is 7.29. The largest absolute Gasteiger partial charge is 0.393 e. The van der Waals surface area contributed by atoms with Gasteiger partial charge in [-0.15, -0.1) is 0 Å². The van der Waals surface area contributed by atoms with Crippen LogP contribution in [-0.2, 0) is 0 Å². The zero-order valence-electron chi connectivity index (χ0n) is 11.2. The second-order valence-corrected chi connectivity index (χ2v) is 5.74. The molecule has 1 rings (SSSR count). The lowest BCUT2D eigenvalue weighted by atomic mass is 9.84. The average molecular weight is 227 g/mol. The van der Waals surface area contributed by atoms with Gasteiger partial charge in [0.2, 0.25) is 0 Å². The van der Waals surface area contributed by atoms with Crippen LogP contribution in [0.3, 0.4) is 0 Å². The van der Waals surface area contributed by atoms with E-state index in [1.54, 1.807) is 0 Å². The predicted molar refractivity (Wildman–Crippen MR) is 69.5 cm³/mol. The van der Waals surface area contributed by atoms with Crippen molar-refractivity contribution < 1.29 is 5.11 Å². The lowest BCUT2D eigenvalue weighted by Crippen LogP contribution is -2.36. The molecule has 0 aliphatic heterocycles. The van der Waals surface area contributed by atoms with E-state index in [1.165, 1.54) is 32.1 Å². The zero-order valence-corrected chi connectivity index (χ0v) is 11.2. The summed E-state index contributed by atoms with van der Waals surface area (Å²) < 4.78 is 0. The minimum absolute atomic E-state index is 0.147. The van der Waals surface area contributed by atoms with Crippen LogP contribution in [0.15, 0.2) is 0 Å². The number of hydrogen-bond donors (Lipinski definition) is 2. The van der Waals surface area contributed by atoms with Crippen molar-refractivity contribution in [3.05, 3.63) is 0 Å². The molecule has 2 N–H and O–H groups in total. The van der Waals surface area contributed by atoms with Crippen LogP contribution in [0.1, 0.15) is 59.3 Å². The average Bonchev–Trinajstić information content (AvgIpc) is 2.29. The van der Waals surface area contributed by atoms with Gasteiger partial charge in [-0.1, -0.05) is 33.1 Å². The smallest absolute Gasteiger partial charge is 0.0575 e. The molecule has 2 atom stereocenters. The maximum atomic E-state index is 9.71. The lowest BCUT2D eigenvalue weighted by molar-refractivity contribution is 0.114. The highest BCUT2D eigenvalue weighted by Crippen LogP contribution is 2.26. The summed E-state index contributed by atoms with van der Waals surface area (Å²) >= 11 is 0. The molecule has 16 heavy (non-hydrogen) atoms. The van der Waals surface area contributed by atoms with Gasteiger partial charge in [-0.3, -0.25) is 0 Å². The number of aliphatic hydroxyl groups is 1. The highest BCUT2D eigenvalue weighted by atomic mass is 16.3. The molecule has 0 saturated heterocycles. The Balaban J connectivity index is 2.11. The van der Waals surface area contributed by atoms with Crippen molar-refractivity contribution in [2.75, 3.05) is 6.54 Å². The van der Waals surface area contributed by atoms with Gasteiger partial charge in [-0.05, 0) is 44.6 Å². The number of nitrogens with one attached hydrogen (secondary N) is 1. The molecule has 1 aliphatic carbocycles. The third-order valence-corrected chi connectivity index (χ3v) is 4.03. The Morgan fingerprint density at radius 1 is 1.12 bits per heavy atom. The number of aliphatic hydroxyl groups excluding tert-OH is 1. The van der Waals surface area contributed by atoms with Crippen molar-refractivity contribution in [1.82, 2.24) is 5.32 Å². The maximum Gasteiger partial charge on any atom is 0.0575 e. The van der Waals surface area contributed by atoms with Gasteiger partial charge in [0.1, 0.15) is 0 Å². The van der Waals surface area contributed by atoms with Crippen molar-refractivity contribution in [2.45, 2.75) is 71.4 Å². The molecule has 1 saturated carbocycles. The molecule has 0 aromatic rings. The molecule has 0 aromatic carbocycles. The standard InChI is InChI=1S/C14H29NO/c1-11(2)14(16)9-10-15-12(3)13-7-5-4-6-8-13/h11-16H,4-10H2,1-3H3. The third-order valence-electron chi connectivity index (χ3n) is 4.03. The minimum Gasteiger partial charge on any atom is -0.393 e. The van der Waals surface area contributed by atoms with Crippen molar-refractivity contribution >= 4 is 0 Å². The van der Waals surface area contributed by atoms with E-state index in [1.807, 2.05) is 0 Å². The summed E-state index contributed by atoms with van der Waals surface area (Å²) in [4.78, 5) is 0. The summed E-state index contributed by atoms with van der Waals surface area (Å²) in [5.74, 6) is 1.25. The number of hydrogen-bond acceptors (Lipinski definition) is 2. The van der Waals surface area contributed by atoms with E-state index >= 15 is 0 Å². The molecule has 0 heterocycles. The van der Waals surface area contributed by atoms with E-state index in [4.69, 9.17) is 0 Å². The molecule has 0 radical (unpaired) electrons. The van der Waals surface area contributed by atoms with Crippen LogP contribution in [0, 0.1) is 11.8 Å². The molecule has 0 amide bonds. The van der Waals surface area contributed by atoms with Gasteiger partial charge < -0.3 is 10.4 Å². The van der Waals surface area contributed by atoms with Crippen molar-refractivity contribution in [3.8, 4) is 0 Å². The topological polar surface area (TPSA) is 32.3 Å². The van der Waals surface area contributed by atoms with E-state index in [2.05, 4.69) is 26.1 Å². The van der Waals surface area contributed by atoms with Gasteiger partial charge in [-0.25, -0.2) is 0 Å². The van der Waals surface area contributed by atoms with E-state index in [0.29, 0.717) is 12.0 Å². The summed E-state index contributed by atoms with van der Waals surface area (Å²) in [7, 11) is 0. The fourth-order valence-electron chi connectivity index (χ4n) is 2.59. The first kappa shape index (κ1) is 14.0. The van der Waals surface area contributed by atoms with Gasteiger partial charge in [-0.2, -0.15) is 0 Å². The molecule has 2 unspecified atom stereocenters. The Hall–Kier alpha value is -0.0800. The second-order valence-electron chi connectivity index (χ2n) is 5.74. The normalized spacial score (nSPS) is 22.3. The van der Waals surface area contributed by atoms with E-state index in [9.17, 15) is 5.11 Å². The molecular weight excluding hydrogens is 198 g/mol. The molecule has 1 aliphatic rings. The fourth-order valence-corrected chi connectivity index (χ4v) is 2.59. The Morgan fingerprint density at radius 2 is 1.75 bits per heavy atom. The van der Waals surface area contributed by atoms with Crippen LogP contribution in [0.25, 0.3) is 0 Å². The van der Waals surface area contributed by atoms with E-state index in [0.717, 1.165) is 18.9 Å². The first-order chi connectivity index (χ1) is 7.61. The molecule has 2 heteroatoms. The van der Waals surface area contributed by atoms with Crippen LogP contribution in [0.2, 0.25) is 0 Å². The van der Waals surface area contributed by atoms with Gasteiger partial charge in [0.05, 0.1) is 6.10 Å². The van der Waals surface area contributed by atoms with E-state index in [-0.39, 0.29) is 6.10 Å². The predicted octanol–water partition coefficient (Wildman–Crippen LogP) is 2.95. The third kappa shape index (κ3) is 4.84. The summed E-state index contributed by atoms with van der Waals surface area (Å²) in [6, 6.07) is 0.625. The Bertz CT molecular complexity index is 176. The van der Waals surface area contributed by atoms with Gasteiger partial charge in [0.15, 0.2) is 0 Å². The summed E-state index contributed by atoms with van der Waals surface area (Å²) in [5, 5.41) is 13.3. The van der Waals surface area contributed by atoms with E-state index < -0.39 is 0 Å². The van der Waals surface area contributed by atoms with Crippen LogP contribution in [-0.4, -0.2) is 23.8 Å². The molecule has 96 valence electrons. The molecule has 0 bridgehead atoms. The highest BCUT2D eigenvalue weighted by Gasteiger charge is 2.19. The van der Waals surface area contributed by atoms with Gasteiger partial charge in [0.25, 0.3) is 0 Å². The monoisotopic (exact) mass is 227 g/mol. The lowest BCUT2D eigenvalue weighted by Gasteiger charge is -2.28. The van der Waals surface area contributed by atoms with Crippen LogP contribution < -0.4 is 5.32 Å². The molecule has 2 nitrogen and oxygen atoms in total. The molecule has 1 fully saturated rings. The van der Waals surface area contributed by atoms with Crippen LogP contribution in [0.4, 0.5) is 0 Å². The van der Waals surface area contributed by atoms with Crippen molar-refractivity contribution in [2.24, 2.45) is 11.8 Å². The first-order valence-corrected chi connectivity index (χ1v) is 7.02. The number of rotatable bonds is 6. The fraction of sp³-hybridized carbons (Fsp3) is 1.00. The minimum atomic E-state index is -0.147. The highest BCUT2D eigenvalue weighted by molar-refractivity contribution is 4.76. The molecule has 0 spiro atoms. The molecular formula is C14H29NO. The zero-order chi connectivity index (χ0) is 12.0. The quantitative estimate of drug-likeness (QED) is 0.731. The first-order valence-electron chi connectivity index (χ1n) is 7.02. The van der Waals surface area contributed by atoms with Crippen molar-refractivity contribution in [3.63, 3.8) is 0 Å². The van der Waals surface area contributed by atoms with Gasteiger partial charge in [0, 0.05) is 6.04 Å². The van der Waals surface area contributed by atoms with Crippen LogP contribution >= 0.6 is 0 Å². The Labute approximate surface area is 101 Å². The van der Waals surface area contributed by atoms with Crippen molar-refractivity contribution in [1.29, 1.82) is 0 Å². The summed E-state index contributed by atoms with van der Waals surface area (Å²) in [6.45, 7) is 7.42. The Morgan fingerprint density at radius 3 is 2.31 bits per heavy atom. The van der Waals surface area contributed by atoms with Gasteiger partial charge >= 0.3 is 0 Å². The van der Waals surface area contributed by atoms with Crippen LogP contribution in [0.5, 0.6) is 0 Å². The summed E-state index contributed by atoms with van der Waals surface area (Å²) in [5.41, 5.74) is 0. The Kier molecular flexibility index (Phi) is 6.37. The molecule has 0 aromatic heterocycles. The maximum absolute atomic E-state index is 9.71. The summed E-state index contributed by atoms with van der Waals surface area (Å²) in [6.07, 6.45) is 7.76. The SMILES string of the molecule is CC(C)C(O)CCNC(C)C1CCCCC1.